The van der Waals surface area contributed by atoms with Gasteiger partial charge in [0.1, 0.15) is 11.4 Å². The van der Waals surface area contributed by atoms with Crippen LogP contribution in [0.2, 0.25) is 5.15 Å². The highest BCUT2D eigenvalue weighted by Gasteiger charge is 2.41. The van der Waals surface area contributed by atoms with Crippen LogP contribution in [0.25, 0.3) is 0 Å². The maximum atomic E-state index is 11.4. The molecule has 0 amide bonds. The van der Waals surface area contributed by atoms with Crippen molar-refractivity contribution in [2.24, 2.45) is 0 Å². The largest absolute Gasteiger partial charge is 0.362 e. The second-order valence-electron chi connectivity index (χ2n) is 5.36. The predicted molar refractivity (Wildman–Crippen MR) is 80.4 cm³/mol. The molecular weight excluding hydrogens is 308 g/mol. The lowest BCUT2D eigenvalue weighted by Gasteiger charge is -2.33. The van der Waals surface area contributed by atoms with Gasteiger partial charge in [-0.1, -0.05) is 17.7 Å². The summed E-state index contributed by atoms with van der Waals surface area (Å²) < 4.78 is 5.46. The van der Waals surface area contributed by atoms with Gasteiger partial charge in [-0.15, -0.1) is 0 Å². The summed E-state index contributed by atoms with van der Waals surface area (Å²) in [5, 5.41) is 11.8. The van der Waals surface area contributed by atoms with E-state index in [0.717, 1.165) is 18.7 Å². The van der Waals surface area contributed by atoms with Gasteiger partial charge in [0.05, 0.1) is 4.92 Å². The van der Waals surface area contributed by atoms with E-state index in [-0.39, 0.29) is 16.8 Å². The molecule has 1 unspecified atom stereocenters. The zero-order valence-electron chi connectivity index (χ0n) is 12.2. The Morgan fingerprint density at radius 2 is 2.32 bits per heavy atom. The molecule has 2 aliphatic rings. The number of nitrogens with zero attached hydrogens (tertiary/aromatic N) is 4. The number of ether oxygens (including phenoxy) is 1. The fraction of sp³-hybridized carbons (Fsp3) is 0.500. The Bertz CT molecular complexity index is 605. The summed E-state index contributed by atoms with van der Waals surface area (Å²) in [7, 11) is 1.64. The number of aromatic nitrogens is 1. The fourth-order valence-electron chi connectivity index (χ4n) is 3.07. The van der Waals surface area contributed by atoms with Gasteiger partial charge in [-0.3, -0.25) is 10.1 Å². The van der Waals surface area contributed by atoms with Gasteiger partial charge in [0.15, 0.2) is 5.82 Å². The monoisotopic (exact) mass is 324 g/mol. The zero-order valence-corrected chi connectivity index (χ0v) is 13.0. The molecule has 1 fully saturated rings. The smallest absolute Gasteiger partial charge is 0.286 e. The third-order valence-corrected chi connectivity index (χ3v) is 4.29. The van der Waals surface area contributed by atoms with Gasteiger partial charge in [-0.25, -0.2) is 4.98 Å². The van der Waals surface area contributed by atoms with Gasteiger partial charge in [-0.05, 0) is 11.6 Å². The van der Waals surface area contributed by atoms with Gasteiger partial charge in [0.2, 0.25) is 0 Å². The first-order chi connectivity index (χ1) is 10.6. The Kier molecular flexibility index (Phi) is 4.17. The predicted octanol–water partition coefficient (Wildman–Crippen LogP) is 2.06. The van der Waals surface area contributed by atoms with Crippen molar-refractivity contribution in [3.05, 3.63) is 50.7 Å². The molecule has 3 heterocycles. The Morgan fingerprint density at radius 1 is 1.50 bits per heavy atom. The van der Waals surface area contributed by atoms with E-state index >= 15 is 0 Å². The van der Waals surface area contributed by atoms with Crippen molar-refractivity contribution in [2.75, 3.05) is 20.2 Å². The first kappa shape index (κ1) is 15.1. The summed E-state index contributed by atoms with van der Waals surface area (Å²) in [6.07, 6.45) is 2.68. The molecule has 22 heavy (non-hydrogen) atoms. The molecule has 0 N–H and O–H groups in total. The number of rotatable bonds is 4. The second-order valence-corrected chi connectivity index (χ2v) is 5.75. The van der Waals surface area contributed by atoms with E-state index < -0.39 is 0 Å². The number of pyridine rings is 1. The number of hydrogen-bond donors (Lipinski definition) is 0. The van der Waals surface area contributed by atoms with E-state index in [4.69, 9.17) is 16.3 Å². The molecule has 1 saturated heterocycles. The highest BCUT2D eigenvalue weighted by molar-refractivity contribution is 6.29. The Morgan fingerprint density at radius 3 is 2.95 bits per heavy atom. The maximum absolute atomic E-state index is 11.4. The van der Waals surface area contributed by atoms with Crippen LogP contribution in [-0.4, -0.2) is 46.1 Å². The zero-order chi connectivity index (χ0) is 15.7. The molecule has 0 bridgehead atoms. The summed E-state index contributed by atoms with van der Waals surface area (Å²) in [4.78, 5) is 19.2. The van der Waals surface area contributed by atoms with Crippen LogP contribution < -0.4 is 0 Å². The molecule has 1 atom stereocenters. The van der Waals surface area contributed by atoms with E-state index in [1.165, 1.54) is 0 Å². The number of hydrogen-bond acceptors (Lipinski definition) is 6. The van der Waals surface area contributed by atoms with Crippen LogP contribution >= 0.6 is 11.6 Å². The Hall–Kier alpha value is -1.86. The minimum Gasteiger partial charge on any atom is -0.362 e. The number of allylic oxidation sites excluding steroid dienone is 1. The van der Waals surface area contributed by atoms with E-state index in [1.807, 2.05) is 15.9 Å². The SMILES string of the molecule is COC1CCC([N+](=O)[O-])=C2N(Cc3ccc(Cl)nc3)CCN21. The number of fused-ring (bicyclic) bond motifs is 1. The molecule has 0 radical (unpaired) electrons. The van der Waals surface area contributed by atoms with Gasteiger partial charge < -0.3 is 14.5 Å². The van der Waals surface area contributed by atoms with E-state index in [0.29, 0.717) is 30.4 Å². The lowest BCUT2D eigenvalue weighted by Crippen LogP contribution is -2.39. The topological polar surface area (TPSA) is 71.7 Å². The van der Waals surface area contributed by atoms with Crippen molar-refractivity contribution >= 4 is 11.6 Å². The molecule has 2 aliphatic heterocycles. The molecule has 0 aliphatic carbocycles. The summed E-state index contributed by atoms with van der Waals surface area (Å²) in [6, 6.07) is 3.62. The first-order valence-corrected chi connectivity index (χ1v) is 7.50. The summed E-state index contributed by atoms with van der Waals surface area (Å²) in [5.74, 6) is 0.679. The van der Waals surface area contributed by atoms with Crippen LogP contribution in [-0.2, 0) is 11.3 Å². The molecule has 118 valence electrons. The number of halogens is 1. The standard InChI is InChI=1S/C14H17ClN4O3/c1-22-13-5-3-11(19(20)21)14-17(6-7-18(13)14)9-10-2-4-12(15)16-8-10/h2,4,8,13H,3,5-7,9H2,1H3. The van der Waals surface area contributed by atoms with Crippen LogP contribution in [0.1, 0.15) is 18.4 Å². The van der Waals surface area contributed by atoms with Crippen molar-refractivity contribution < 1.29 is 9.66 Å². The highest BCUT2D eigenvalue weighted by atomic mass is 35.5. The highest BCUT2D eigenvalue weighted by Crippen LogP contribution is 2.34. The Balaban J connectivity index is 1.88. The van der Waals surface area contributed by atoms with Crippen molar-refractivity contribution in [1.82, 2.24) is 14.8 Å². The lowest BCUT2D eigenvalue weighted by atomic mass is 10.1. The summed E-state index contributed by atoms with van der Waals surface area (Å²) >= 11 is 5.79. The molecule has 0 spiro atoms. The maximum Gasteiger partial charge on any atom is 0.286 e. The van der Waals surface area contributed by atoms with Gasteiger partial charge >= 0.3 is 0 Å². The van der Waals surface area contributed by atoms with Crippen LogP contribution in [0, 0.1) is 10.1 Å². The minimum atomic E-state index is -0.271. The van der Waals surface area contributed by atoms with E-state index in [1.54, 1.807) is 19.4 Å². The molecule has 7 nitrogen and oxygen atoms in total. The molecule has 0 aromatic carbocycles. The van der Waals surface area contributed by atoms with Gasteiger partial charge in [-0.2, -0.15) is 0 Å². The van der Waals surface area contributed by atoms with E-state index in [2.05, 4.69) is 4.98 Å². The first-order valence-electron chi connectivity index (χ1n) is 7.12. The van der Waals surface area contributed by atoms with Crippen molar-refractivity contribution in [2.45, 2.75) is 25.6 Å². The molecular formula is C14H17ClN4O3. The number of methoxy groups -OCH3 is 1. The van der Waals surface area contributed by atoms with Crippen LogP contribution in [0.4, 0.5) is 0 Å². The Labute approximate surface area is 133 Å². The average Bonchev–Trinajstić information content (AvgIpc) is 2.92. The molecule has 1 aromatic rings. The third kappa shape index (κ3) is 2.74. The minimum absolute atomic E-state index is 0.0907. The third-order valence-electron chi connectivity index (χ3n) is 4.07. The van der Waals surface area contributed by atoms with Crippen LogP contribution in [0.15, 0.2) is 29.8 Å². The molecule has 3 rings (SSSR count). The van der Waals surface area contributed by atoms with Crippen molar-refractivity contribution in [3.8, 4) is 0 Å². The summed E-state index contributed by atoms with van der Waals surface area (Å²) in [5.41, 5.74) is 1.24. The molecule has 0 saturated carbocycles. The van der Waals surface area contributed by atoms with Gasteiger partial charge in [0, 0.05) is 45.8 Å². The van der Waals surface area contributed by atoms with Gasteiger partial charge in [0.25, 0.3) is 5.70 Å². The molecule has 1 aromatic heterocycles. The average molecular weight is 325 g/mol. The molecule has 8 heteroatoms. The lowest BCUT2D eigenvalue weighted by molar-refractivity contribution is -0.433. The van der Waals surface area contributed by atoms with Crippen molar-refractivity contribution in [1.29, 1.82) is 0 Å². The quantitative estimate of drug-likeness (QED) is 0.479. The van der Waals surface area contributed by atoms with Crippen molar-refractivity contribution in [3.63, 3.8) is 0 Å². The summed E-state index contributed by atoms with van der Waals surface area (Å²) in [6.45, 7) is 2.03. The van der Waals surface area contributed by atoms with E-state index in [9.17, 15) is 10.1 Å². The van der Waals surface area contributed by atoms with Crippen LogP contribution in [0.3, 0.4) is 0 Å². The normalized spacial score (nSPS) is 21.3. The van der Waals surface area contributed by atoms with Crippen LogP contribution in [0.5, 0.6) is 0 Å². The second kappa shape index (κ2) is 6.10. The number of nitro groups is 1. The fourth-order valence-corrected chi connectivity index (χ4v) is 3.18.